The lowest BCUT2D eigenvalue weighted by Crippen LogP contribution is -2.10. The number of benzene rings is 3. The number of fused-ring (bicyclic) bond motifs is 3. The van der Waals surface area contributed by atoms with Crippen LogP contribution < -0.4 is 0 Å². The van der Waals surface area contributed by atoms with E-state index in [-0.39, 0.29) is 11.5 Å². The van der Waals surface area contributed by atoms with Crippen molar-refractivity contribution >= 4 is 23.0 Å². The van der Waals surface area contributed by atoms with Crippen LogP contribution >= 0.6 is 0 Å². The van der Waals surface area contributed by atoms with Crippen molar-refractivity contribution in [1.29, 1.82) is 0 Å². The lowest BCUT2D eigenvalue weighted by molar-refractivity contribution is 0.224. The highest BCUT2D eigenvalue weighted by Gasteiger charge is 2.33. The van der Waals surface area contributed by atoms with Crippen molar-refractivity contribution in [3.05, 3.63) is 101 Å². The number of aromatic nitrogens is 2. The third-order valence-electron chi connectivity index (χ3n) is 5.45. The largest absolute Gasteiger partial charge is 0.462 e. The van der Waals surface area contributed by atoms with Crippen molar-refractivity contribution in [2.75, 3.05) is 0 Å². The molecule has 0 N–H and O–H groups in total. The molecule has 0 amide bonds. The molecule has 0 fully saturated rings. The Kier molecular flexibility index (Phi) is 4.06. The first-order valence-corrected chi connectivity index (χ1v) is 10.0. The zero-order valence-corrected chi connectivity index (χ0v) is 17.0. The Balaban J connectivity index is 1.62. The van der Waals surface area contributed by atoms with Crippen LogP contribution in [-0.2, 0) is 10.2 Å². The summed E-state index contributed by atoms with van der Waals surface area (Å²) in [6, 6.07) is 27.2. The Morgan fingerprint density at radius 2 is 1.55 bits per heavy atom. The average molecular weight is 380 g/mol. The molecule has 29 heavy (non-hydrogen) atoms. The van der Waals surface area contributed by atoms with Gasteiger partial charge in [0.25, 0.3) is 0 Å². The summed E-state index contributed by atoms with van der Waals surface area (Å²) in [5.74, 6) is 1.74. The second kappa shape index (κ2) is 6.63. The van der Waals surface area contributed by atoms with Crippen LogP contribution in [0.4, 0.5) is 0 Å². The van der Waals surface area contributed by atoms with E-state index >= 15 is 0 Å². The number of hydrogen-bond donors (Lipinski definition) is 0. The van der Waals surface area contributed by atoms with Crippen molar-refractivity contribution in [3.8, 4) is 0 Å². The van der Waals surface area contributed by atoms with Gasteiger partial charge in [-0.05, 0) is 28.7 Å². The molecule has 2 heterocycles. The molecule has 3 nitrogen and oxygen atoms in total. The van der Waals surface area contributed by atoms with Crippen LogP contribution in [0.3, 0.4) is 0 Å². The molecule has 1 aliphatic heterocycles. The van der Waals surface area contributed by atoms with E-state index in [9.17, 15) is 0 Å². The second-order valence-electron chi connectivity index (χ2n) is 8.56. The molecule has 0 bridgehead atoms. The maximum absolute atomic E-state index is 6.43. The van der Waals surface area contributed by atoms with Crippen LogP contribution in [0.5, 0.6) is 0 Å². The van der Waals surface area contributed by atoms with Crippen molar-refractivity contribution in [3.63, 3.8) is 0 Å². The Bertz CT molecular complexity index is 1200. The smallest absolute Gasteiger partial charge is 0.201 e. The molecule has 0 saturated carbocycles. The number of nitrogens with zero attached hydrogens (tertiary/aromatic N) is 2. The molecule has 0 aliphatic carbocycles. The zero-order valence-electron chi connectivity index (χ0n) is 17.0. The Morgan fingerprint density at radius 1 is 0.862 bits per heavy atom. The van der Waals surface area contributed by atoms with Gasteiger partial charge in [-0.15, -0.1) is 0 Å². The number of hydrogen-bond acceptors (Lipinski definition) is 2. The fourth-order valence-electron chi connectivity index (χ4n) is 3.84. The third kappa shape index (κ3) is 3.13. The van der Waals surface area contributed by atoms with Crippen LogP contribution in [0.15, 0.2) is 78.9 Å². The quantitative estimate of drug-likeness (QED) is 0.402. The second-order valence-corrected chi connectivity index (χ2v) is 8.56. The van der Waals surface area contributed by atoms with Gasteiger partial charge < -0.3 is 4.74 Å². The fraction of sp³-hybridized carbons (Fsp3) is 0.192. The van der Waals surface area contributed by atoms with Gasteiger partial charge in [0.15, 0.2) is 11.9 Å². The first-order valence-electron chi connectivity index (χ1n) is 10.0. The predicted molar refractivity (Wildman–Crippen MR) is 118 cm³/mol. The van der Waals surface area contributed by atoms with Crippen LogP contribution in [0.25, 0.3) is 23.0 Å². The maximum atomic E-state index is 6.43. The topological polar surface area (TPSA) is 27.1 Å². The molecular formula is C26H24N2O. The van der Waals surface area contributed by atoms with Crippen LogP contribution in [0.1, 0.15) is 49.4 Å². The van der Waals surface area contributed by atoms with Gasteiger partial charge >= 0.3 is 0 Å². The van der Waals surface area contributed by atoms with E-state index in [1.54, 1.807) is 0 Å². The summed E-state index contributed by atoms with van der Waals surface area (Å²) < 4.78 is 8.57. The van der Waals surface area contributed by atoms with Crippen molar-refractivity contribution in [2.24, 2.45) is 0 Å². The number of para-hydroxylation sites is 2. The monoisotopic (exact) mass is 380 g/mol. The van der Waals surface area contributed by atoms with Crippen LogP contribution in [0, 0.1) is 0 Å². The van der Waals surface area contributed by atoms with Crippen molar-refractivity contribution in [1.82, 2.24) is 9.55 Å². The zero-order chi connectivity index (χ0) is 20.0. The highest BCUT2D eigenvalue weighted by atomic mass is 16.5. The first kappa shape index (κ1) is 17.7. The number of imidazole rings is 1. The van der Waals surface area contributed by atoms with Crippen molar-refractivity contribution in [2.45, 2.75) is 32.3 Å². The standard InChI is InChI=1S/C26H24N2O/c1-26(2,3)20-15-13-18(14-16-20)17-23-28-22-12-8-7-11-21(22)27-25(28)24(29-23)19-9-5-4-6-10-19/h4-17,24H,1-3H3/b23-17+. The summed E-state index contributed by atoms with van der Waals surface area (Å²) >= 11 is 0. The normalized spacial score (nSPS) is 17.5. The van der Waals surface area contributed by atoms with Gasteiger partial charge in [0.1, 0.15) is 0 Å². The molecule has 0 saturated heterocycles. The van der Waals surface area contributed by atoms with E-state index in [1.807, 2.05) is 30.3 Å². The average Bonchev–Trinajstić information content (AvgIpc) is 3.26. The predicted octanol–water partition coefficient (Wildman–Crippen LogP) is 6.41. The fourth-order valence-corrected chi connectivity index (χ4v) is 3.84. The van der Waals surface area contributed by atoms with Gasteiger partial charge in [-0.25, -0.2) is 4.98 Å². The molecule has 3 aromatic carbocycles. The lowest BCUT2D eigenvalue weighted by atomic mass is 9.87. The molecular weight excluding hydrogens is 356 g/mol. The molecule has 0 spiro atoms. The SMILES string of the molecule is CC(C)(C)c1ccc(/C=C2/OC(c3ccccc3)c3nc4ccccc4n32)cc1. The molecule has 1 atom stereocenters. The highest BCUT2D eigenvalue weighted by molar-refractivity contribution is 5.84. The van der Waals surface area contributed by atoms with Gasteiger partial charge in [-0.3, -0.25) is 4.57 Å². The summed E-state index contributed by atoms with van der Waals surface area (Å²) in [4.78, 5) is 4.89. The molecule has 1 aromatic heterocycles. The van der Waals surface area contributed by atoms with Crippen LogP contribution in [-0.4, -0.2) is 9.55 Å². The van der Waals surface area contributed by atoms with E-state index in [4.69, 9.17) is 9.72 Å². The van der Waals surface area contributed by atoms with Gasteiger partial charge in [0.05, 0.1) is 11.0 Å². The van der Waals surface area contributed by atoms with Gasteiger partial charge in [0, 0.05) is 11.6 Å². The molecule has 3 heteroatoms. The summed E-state index contributed by atoms with van der Waals surface area (Å²) in [5.41, 5.74) is 5.74. The summed E-state index contributed by atoms with van der Waals surface area (Å²) in [6.45, 7) is 6.69. The lowest BCUT2D eigenvalue weighted by Gasteiger charge is -2.18. The summed E-state index contributed by atoms with van der Waals surface area (Å²) in [7, 11) is 0. The van der Waals surface area contributed by atoms with E-state index < -0.39 is 0 Å². The molecule has 1 aliphatic rings. The Labute approximate surface area is 171 Å². The minimum absolute atomic E-state index is 0.141. The van der Waals surface area contributed by atoms with Gasteiger partial charge in [-0.1, -0.05) is 87.5 Å². The van der Waals surface area contributed by atoms with E-state index in [0.29, 0.717) is 0 Å². The van der Waals surface area contributed by atoms with Crippen molar-refractivity contribution < 1.29 is 4.74 Å². The van der Waals surface area contributed by atoms with Gasteiger partial charge in [-0.2, -0.15) is 0 Å². The molecule has 144 valence electrons. The maximum Gasteiger partial charge on any atom is 0.201 e. The van der Waals surface area contributed by atoms with Crippen LogP contribution in [0.2, 0.25) is 0 Å². The number of ether oxygens (including phenoxy) is 1. The minimum atomic E-state index is -0.205. The molecule has 0 radical (unpaired) electrons. The van der Waals surface area contributed by atoms with E-state index in [0.717, 1.165) is 33.9 Å². The number of rotatable bonds is 2. The van der Waals surface area contributed by atoms with Gasteiger partial charge in [0.2, 0.25) is 5.88 Å². The minimum Gasteiger partial charge on any atom is -0.462 e. The summed E-state index contributed by atoms with van der Waals surface area (Å²) in [5, 5.41) is 0. The Morgan fingerprint density at radius 3 is 2.28 bits per heavy atom. The molecule has 1 unspecified atom stereocenters. The Hall–Kier alpha value is -3.33. The molecule has 4 aromatic rings. The van der Waals surface area contributed by atoms with E-state index in [1.165, 1.54) is 5.56 Å². The third-order valence-corrected chi connectivity index (χ3v) is 5.45. The first-order chi connectivity index (χ1) is 14.0. The summed E-state index contributed by atoms with van der Waals surface area (Å²) in [6.07, 6.45) is 1.90. The highest BCUT2D eigenvalue weighted by Crippen LogP contribution is 2.40. The molecule has 5 rings (SSSR count). The van der Waals surface area contributed by atoms with E-state index in [2.05, 4.69) is 79.9 Å².